The molecule has 1 fully saturated rings. The highest BCUT2D eigenvalue weighted by atomic mass is 16.7. The zero-order valence-corrected chi connectivity index (χ0v) is 15.9. The summed E-state index contributed by atoms with van der Waals surface area (Å²) in [4.78, 5) is 29.3. The second kappa shape index (κ2) is 5.89. The molecule has 7 heteroatoms. The quantitative estimate of drug-likeness (QED) is 0.731. The number of carbonyl (C=O) groups is 2. The summed E-state index contributed by atoms with van der Waals surface area (Å²) in [6, 6.07) is 4.71. The number of allylic oxidation sites excluding steroid dienone is 2. The maximum absolute atomic E-state index is 13.1. The van der Waals surface area contributed by atoms with Crippen molar-refractivity contribution >= 4 is 11.8 Å². The zero-order valence-electron chi connectivity index (χ0n) is 15.9. The summed E-state index contributed by atoms with van der Waals surface area (Å²) in [5.74, 6) is 2.12. The molecule has 1 aromatic carbocycles. The molecule has 0 saturated carbocycles. The molecule has 6 rings (SSSR count). The second-order valence-corrected chi connectivity index (χ2v) is 8.00. The van der Waals surface area contributed by atoms with E-state index in [-0.39, 0.29) is 37.2 Å². The third-order valence-corrected chi connectivity index (χ3v) is 6.38. The molecule has 4 aliphatic heterocycles. The number of nitrogens with zero attached hydrogens (tertiary/aromatic N) is 2. The largest absolute Gasteiger partial charge is 0.487 e. The standard InChI is InChI=1S/C22H20N2O5/c1-23-10-19(25)24-15(22(23)26)9-14-13-4-2-3-5-16(13)29-21(14)20(24)12-6-7-17-18(8-12)28-11-27-17/h2-8,13,15-16,20H,9-11H2,1H3/t13?,15-,16?,20-/m1/s1. The van der Waals surface area contributed by atoms with Crippen molar-refractivity contribution in [1.82, 2.24) is 9.80 Å². The molecule has 0 N–H and O–H groups in total. The maximum atomic E-state index is 13.1. The molecule has 4 atom stereocenters. The van der Waals surface area contributed by atoms with Gasteiger partial charge in [-0.25, -0.2) is 0 Å². The molecule has 148 valence electrons. The van der Waals surface area contributed by atoms with Gasteiger partial charge in [-0.2, -0.15) is 0 Å². The van der Waals surface area contributed by atoms with Gasteiger partial charge in [-0.1, -0.05) is 24.3 Å². The van der Waals surface area contributed by atoms with E-state index in [1.807, 2.05) is 36.4 Å². The normalized spacial score (nSPS) is 31.6. The Morgan fingerprint density at radius 1 is 1.07 bits per heavy atom. The van der Waals surface area contributed by atoms with E-state index in [2.05, 4.69) is 6.08 Å². The third-order valence-electron chi connectivity index (χ3n) is 6.38. The first-order valence-corrected chi connectivity index (χ1v) is 9.82. The number of benzene rings is 1. The Hall–Kier alpha value is -3.22. The van der Waals surface area contributed by atoms with Gasteiger partial charge in [0.05, 0.1) is 6.54 Å². The van der Waals surface area contributed by atoms with Crippen molar-refractivity contribution < 1.29 is 23.8 Å². The topological polar surface area (TPSA) is 68.3 Å². The number of hydrogen-bond donors (Lipinski definition) is 0. The van der Waals surface area contributed by atoms with Crippen LogP contribution < -0.4 is 9.47 Å². The van der Waals surface area contributed by atoms with E-state index < -0.39 is 12.1 Å². The monoisotopic (exact) mass is 392 g/mol. The van der Waals surface area contributed by atoms with Crippen LogP contribution in [-0.2, 0) is 14.3 Å². The average Bonchev–Trinajstić information content (AvgIpc) is 3.34. The van der Waals surface area contributed by atoms with Crippen LogP contribution >= 0.6 is 0 Å². The number of rotatable bonds is 1. The molecule has 1 saturated heterocycles. The lowest BCUT2D eigenvalue weighted by molar-refractivity contribution is -0.158. The van der Waals surface area contributed by atoms with Gasteiger partial charge in [-0.05, 0) is 29.3 Å². The molecular formula is C22H20N2O5. The lowest BCUT2D eigenvalue weighted by Crippen LogP contribution is -2.61. The fourth-order valence-corrected chi connectivity index (χ4v) is 5.03. The minimum absolute atomic E-state index is 0.0272. The summed E-state index contributed by atoms with van der Waals surface area (Å²) in [5, 5.41) is 0. The Morgan fingerprint density at radius 3 is 2.79 bits per heavy atom. The highest BCUT2D eigenvalue weighted by Gasteiger charge is 2.52. The van der Waals surface area contributed by atoms with Crippen LogP contribution in [0.1, 0.15) is 18.0 Å². The van der Waals surface area contributed by atoms with Gasteiger partial charge < -0.3 is 24.0 Å². The number of ether oxygens (including phenoxy) is 3. The van der Waals surface area contributed by atoms with E-state index in [0.717, 1.165) is 16.9 Å². The SMILES string of the molecule is CN1CC(=O)N2[C@H](CC3=C(OC4C=CC=CC34)[C@H]2c2ccc3c(c2)OCO3)C1=O. The van der Waals surface area contributed by atoms with Gasteiger partial charge in [0.2, 0.25) is 18.6 Å². The van der Waals surface area contributed by atoms with Crippen LogP contribution in [0.15, 0.2) is 53.8 Å². The number of carbonyl (C=O) groups excluding carboxylic acids is 2. The average molecular weight is 392 g/mol. The van der Waals surface area contributed by atoms with E-state index in [9.17, 15) is 9.59 Å². The fourth-order valence-electron chi connectivity index (χ4n) is 5.03. The minimum Gasteiger partial charge on any atom is -0.487 e. The predicted molar refractivity (Wildman–Crippen MR) is 102 cm³/mol. The van der Waals surface area contributed by atoms with E-state index in [0.29, 0.717) is 17.9 Å². The molecule has 2 unspecified atom stereocenters. The van der Waals surface area contributed by atoms with Gasteiger partial charge in [0.25, 0.3) is 0 Å². The zero-order chi connectivity index (χ0) is 19.7. The Morgan fingerprint density at radius 2 is 1.90 bits per heavy atom. The summed E-state index contributed by atoms with van der Waals surface area (Å²) in [5.41, 5.74) is 1.97. The van der Waals surface area contributed by atoms with Gasteiger partial charge in [-0.15, -0.1) is 0 Å². The van der Waals surface area contributed by atoms with Crippen LogP contribution in [0.4, 0.5) is 0 Å². The van der Waals surface area contributed by atoms with Gasteiger partial charge in [0.1, 0.15) is 23.9 Å². The van der Waals surface area contributed by atoms with Crippen molar-refractivity contribution in [3.63, 3.8) is 0 Å². The van der Waals surface area contributed by atoms with Crippen molar-refractivity contribution in [3.05, 3.63) is 59.4 Å². The third kappa shape index (κ3) is 2.30. The summed E-state index contributed by atoms with van der Waals surface area (Å²) in [6.45, 7) is 0.258. The van der Waals surface area contributed by atoms with Crippen LogP contribution in [-0.4, -0.2) is 54.1 Å². The minimum atomic E-state index is -0.517. The Balaban J connectivity index is 1.51. The second-order valence-electron chi connectivity index (χ2n) is 8.00. The molecule has 0 spiro atoms. The van der Waals surface area contributed by atoms with Gasteiger partial charge >= 0.3 is 0 Å². The molecule has 0 radical (unpaired) electrons. The molecule has 7 nitrogen and oxygen atoms in total. The molecule has 4 heterocycles. The lowest BCUT2D eigenvalue weighted by atomic mass is 9.81. The van der Waals surface area contributed by atoms with E-state index in [1.165, 1.54) is 4.90 Å². The summed E-state index contributed by atoms with van der Waals surface area (Å²) >= 11 is 0. The molecule has 0 bridgehead atoms. The van der Waals surface area contributed by atoms with Gasteiger partial charge in [-0.3, -0.25) is 9.59 Å². The van der Waals surface area contributed by atoms with Crippen molar-refractivity contribution in [1.29, 1.82) is 0 Å². The number of fused-ring (bicyclic) bond motifs is 4. The summed E-state index contributed by atoms with van der Waals surface area (Å²) in [7, 11) is 1.69. The van der Waals surface area contributed by atoms with Crippen molar-refractivity contribution in [2.24, 2.45) is 5.92 Å². The Labute approximate surface area is 167 Å². The molecular weight excluding hydrogens is 372 g/mol. The van der Waals surface area contributed by atoms with Crippen LogP contribution in [0.3, 0.4) is 0 Å². The first-order valence-electron chi connectivity index (χ1n) is 9.82. The van der Waals surface area contributed by atoms with Gasteiger partial charge in [0, 0.05) is 19.4 Å². The molecule has 5 aliphatic rings. The smallest absolute Gasteiger partial charge is 0.245 e. The number of likely N-dealkylation sites (N-methyl/N-ethyl adjacent to an activating group) is 1. The Bertz CT molecular complexity index is 1030. The van der Waals surface area contributed by atoms with E-state index >= 15 is 0 Å². The summed E-state index contributed by atoms with van der Waals surface area (Å²) in [6.07, 6.45) is 8.57. The lowest BCUT2D eigenvalue weighted by Gasteiger charge is -2.46. The molecule has 1 aromatic rings. The van der Waals surface area contributed by atoms with E-state index in [1.54, 1.807) is 11.9 Å². The highest BCUT2D eigenvalue weighted by molar-refractivity contribution is 5.96. The first-order chi connectivity index (χ1) is 14.1. The maximum Gasteiger partial charge on any atom is 0.245 e. The van der Waals surface area contributed by atoms with Gasteiger partial charge in [0.15, 0.2) is 11.5 Å². The van der Waals surface area contributed by atoms with Crippen LogP contribution in [0.5, 0.6) is 11.5 Å². The first kappa shape index (κ1) is 16.7. The summed E-state index contributed by atoms with van der Waals surface area (Å²) < 4.78 is 17.4. The number of hydrogen-bond acceptors (Lipinski definition) is 5. The molecule has 0 aromatic heterocycles. The van der Waals surface area contributed by atoms with Crippen LogP contribution in [0.25, 0.3) is 0 Å². The van der Waals surface area contributed by atoms with Crippen molar-refractivity contribution in [3.8, 4) is 11.5 Å². The van der Waals surface area contributed by atoms with Crippen molar-refractivity contribution in [2.75, 3.05) is 20.4 Å². The Kier molecular flexibility index (Phi) is 3.39. The van der Waals surface area contributed by atoms with Crippen LogP contribution in [0.2, 0.25) is 0 Å². The highest BCUT2D eigenvalue weighted by Crippen LogP contribution is 2.50. The van der Waals surface area contributed by atoms with Crippen molar-refractivity contribution in [2.45, 2.75) is 24.6 Å². The molecule has 2 amide bonds. The molecule has 29 heavy (non-hydrogen) atoms. The number of amides is 2. The predicted octanol–water partition coefficient (Wildman–Crippen LogP) is 1.92. The molecule has 1 aliphatic carbocycles. The van der Waals surface area contributed by atoms with E-state index in [4.69, 9.17) is 14.2 Å². The fraction of sp³-hybridized carbons (Fsp3) is 0.364. The van der Waals surface area contributed by atoms with Crippen LogP contribution in [0, 0.1) is 5.92 Å². The number of piperazine rings is 1.